The molecule has 2 aromatic rings. The van der Waals surface area contributed by atoms with Gasteiger partial charge in [0.15, 0.2) is 11.5 Å². The smallest absolute Gasteiger partial charge is 0.165 e. The van der Waals surface area contributed by atoms with Crippen LogP contribution in [0.25, 0.3) is 11.2 Å². The third kappa shape index (κ3) is 1.23. The van der Waals surface area contributed by atoms with Crippen molar-refractivity contribution in [2.24, 2.45) is 0 Å². The standard InChI is InChI=1S/C11H13N5O4/c12-9-4-10(14-2-13-9)16(3-15-4)5-6(18)8-11(1-17,20-8)7(5)19/h2-3,5-8,17-19H,1H2,(H2,12,13,14)/t5-,6-,7+,8+,11+/m1/s1. The highest BCUT2D eigenvalue weighted by molar-refractivity contribution is 5.81. The van der Waals surface area contributed by atoms with E-state index in [1.54, 1.807) is 4.57 Å². The van der Waals surface area contributed by atoms with E-state index in [2.05, 4.69) is 15.0 Å². The highest BCUT2D eigenvalue weighted by atomic mass is 16.6. The first-order chi connectivity index (χ1) is 9.60. The lowest BCUT2D eigenvalue weighted by Crippen LogP contribution is -2.38. The normalized spacial score (nSPS) is 39.1. The van der Waals surface area contributed by atoms with Crippen LogP contribution >= 0.6 is 0 Å². The minimum Gasteiger partial charge on any atom is -0.393 e. The van der Waals surface area contributed by atoms with E-state index >= 15 is 0 Å². The van der Waals surface area contributed by atoms with Gasteiger partial charge in [-0.05, 0) is 0 Å². The lowest BCUT2D eigenvalue weighted by molar-refractivity contribution is -0.0346. The molecule has 5 atom stereocenters. The van der Waals surface area contributed by atoms with E-state index < -0.39 is 30.0 Å². The molecule has 106 valence electrons. The molecule has 0 spiro atoms. The number of nitrogens with two attached hydrogens (primary N) is 1. The zero-order valence-electron chi connectivity index (χ0n) is 10.3. The molecule has 0 radical (unpaired) electrons. The number of fused-ring (bicyclic) bond motifs is 2. The van der Waals surface area contributed by atoms with Crippen LogP contribution in [-0.2, 0) is 4.74 Å². The molecule has 9 heteroatoms. The highest BCUT2D eigenvalue weighted by Gasteiger charge is 2.74. The fourth-order valence-corrected chi connectivity index (χ4v) is 3.08. The summed E-state index contributed by atoms with van der Waals surface area (Å²) in [6, 6.07) is -0.694. The molecule has 20 heavy (non-hydrogen) atoms. The zero-order valence-corrected chi connectivity index (χ0v) is 10.3. The maximum atomic E-state index is 10.4. The minimum absolute atomic E-state index is 0.231. The van der Waals surface area contributed by atoms with Gasteiger partial charge in [0, 0.05) is 0 Å². The third-order valence-corrected chi connectivity index (χ3v) is 4.21. The molecule has 2 fully saturated rings. The molecular formula is C11H13N5O4. The van der Waals surface area contributed by atoms with Crippen LogP contribution in [0.2, 0.25) is 0 Å². The lowest BCUT2D eigenvalue weighted by atomic mass is 10.0. The number of aromatic nitrogens is 4. The second-order valence-corrected chi connectivity index (χ2v) is 5.16. The maximum absolute atomic E-state index is 10.4. The van der Waals surface area contributed by atoms with Crippen molar-refractivity contribution in [3.8, 4) is 0 Å². The molecule has 3 heterocycles. The Morgan fingerprint density at radius 3 is 2.85 bits per heavy atom. The van der Waals surface area contributed by atoms with E-state index in [0.29, 0.717) is 11.2 Å². The predicted octanol–water partition coefficient (Wildman–Crippen LogP) is -2.19. The highest BCUT2D eigenvalue weighted by Crippen LogP contribution is 2.54. The van der Waals surface area contributed by atoms with Gasteiger partial charge in [-0.25, -0.2) is 15.0 Å². The molecule has 4 rings (SSSR count). The number of ether oxygens (including phenoxy) is 1. The molecule has 1 saturated heterocycles. The summed E-state index contributed by atoms with van der Waals surface area (Å²) < 4.78 is 6.79. The van der Waals surface area contributed by atoms with Crippen molar-refractivity contribution < 1.29 is 20.1 Å². The molecule has 1 aliphatic carbocycles. The fourth-order valence-electron chi connectivity index (χ4n) is 3.08. The second kappa shape index (κ2) is 3.64. The number of rotatable bonds is 2. The van der Waals surface area contributed by atoms with E-state index in [1.807, 2.05) is 0 Å². The van der Waals surface area contributed by atoms with Crippen LogP contribution in [0.15, 0.2) is 12.7 Å². The molecule has 0 bridgehead atoms. The number of anilines is 1. The molecule has 2 aliphatic rings. The van der Waals surface area contributed by atoms with Crippen LogP contribution in [0.5, 0.6) is 0 Å². The average Bonchev–Trinajstić information content (AvgIpc) is 2.99. The topological polar surface area (TPSA) is 143 Å². The summed E-state index contributed by atoms with van der Waals surface area (Å²) >= 11 is 0. The molecule has 1 aliphatic heterocycles. The lowest BCUT2D eigenvalue weighted by Gasteiger charge is -2.25. The zero-order chi connectivity index (χ0) is 14.1. The van der Waals surface area contributed by atoms with E-state index in [1.165, 1.54) is 12.7 Å². The van der Waals surface area contributed by atoms with Gasteiger partial charge in [0.25, 0.3) is 0 Å². The summed E-state index contributed by atoms with van der Waals surface area (Å²) in [4.78, 5) is 12.0. The van der Waals surface area contributed by atoms with Crippen LogP contribution in [0.3, 0.4) is 0 Å². The Hall–Kier alpha value is -1.81. The Labute approximate surface area is 112 Å². The van der Waals surface area contributed by atoms with Gasteiger partial charge in [0.2, 0.25) is 0 Å². The molecule has 1 saturated carbocycles. The van der Waals surface area contributed by atoms with Gasteiger partial charge in [-0.1, -0.05) is 0 Å². The molecular weight excluding hydrogens is 266 g/mol. The van der Waals surface area contributed by atoms with E-state index in [4.69, 9.17) is 10.5 Å². The van der Waals surface area contributed by atoms with Gasteiger partial charge in [-0.2, -0.15) is 0 Å². The number of aliphatic hydroxyl groups excluding tert-OH is 3. The molecule has 0 unspecified atom stereocenters. The van der Waals surface area contributed by atoms with Crippen molar-refractivity contribution in [2.45, 2.75) is 30.0 Å². The van der Waals surface area contributed by atoms with Crippen molar-refractivity contribution in [1.29, 1.82) is 0 Å². The largest absolute Gasteiger partial charge is 0.393 e. The summed E-state index contributed by atoms with van der Waals surface area (Å²) in [5.74, 6) is 0.231. The van der Waals surface area contributed by atoms with Gasteiger partial charge in [0.05, 0.1) is 19.0 Å². The number of nitrogens with zero attached hydrogens (tertiary/aromatic N) is 4. The average molecular weight is 279 g/mol. The van der Waals surface area contributed by atoms with Crippen LogP contribution < -0.4 is 5.73 Å². The SMILES string of the molecule is Nc1ncnc2c1ncn2[C@@H]1[C@@H](O)[C@@H]2O[C@@]2(CO)[C@H]1O. The number of hydrogen-bond donors (Lipinski definition) is 4. The van der Waals surface area contributed by atoms with Crippen molar-refractivity contribution in [3.05, 3.63) is 12.7 Å². The molecule has 0 aromatic carbocycles. The van der Waals surface area contributed by atoms with Gasteiger partial charge in [0.1, 0.15) is 35.8 Å². The Balaban J connectivity index is 1.83. The van der Waals surface area contributed by atoms with E-state index in [0.717, 1.165) is 0 Å². The first-order valence-corrected chi connectivity index (χ1v) is 6.18. The predicted molar refractivity (Wildman–Crippen MR) is 65.5 cm³/mol. The molecule has 5 N–H and O–H groups in total. The Morgan fingerprint density at radius 2 is 2.15 bits per heavy atom. The number of imidazole rings is 1. The first-order valence-electron chi connectivity index (χ1n) is 6.18. The molecule has 9 nitrogen and oxygen atoms in total. The molecule has 2 aromatic heterocycles. The van der Waals surface area contributed by atoms with Crippen LogP contribution in [0.4, 0.5) is 5.82 Å². The number of nitrogen functional groups attached to an aromatic ring is 1. The summed E-state index contributed by atoms with van der Waals surface area (Å²) in [5.41, 5.74) is 5.46. The Morgan fingerprint density at radius 1 is 1.35 bits per heavy atom. The molecule has 0 amide bonds. The minimum atomic E-state index is -1.08. The van der Waals surface area contributed by atoms with Crippen molar-refractivity contribution >= 4 is 17.0 Å². The summed E-state index contributed by atoms with van der Waals surface area (Å²) in [7, 11) is 0. The van der Waals surface area contributed by atoms with Gasteiger partial charge in [-0.15, -0.1) is 0 Å². The van der Waals surface area contributed by atoms with Gasteiger partial charge >= 0.3 is 0 Å². The van der Waals surface area contributed by atoms with E-state index in [9.17, 15) is 15.3 Å². The van der Waals surface area contributed by atoms with Crippen molar-refractivity contribution in [3.63, 3.8) is 0 Å². The fraction of sp³-hybridized carbons (Fsp3) is 0.545. The Kier molecular flexibility index (Phi) is 2.18. The van der Waals surface area contributed by atoms with Crippen LogP contribution in [0.1, 0.15) is 6.04 Å². The number of aliphatic hydroxyl groups is 3. The third-order valence-electron chi connectivity index (χ3n) is 4.21. The second-order valence-electron chi connectivity index (χ2n) is 5.16. The van der Waals surface area contributed by atoms with Gasteiger partial charge < -0.3 is 30.4 Å². The summed E-state index contributed by atoms with van der Waals surface area (Å²) in [6.45, 7) is -0.351. The van der Waals surface area contributed by atoms with Crippen LogP contribution in [0, 0.1) is 0 Å². The van der Waals surface area contributed by atoms with Gasteiger partial charge in [-0.3, -0.25) is 0 Å². The summed E-state index contributed by atoms with van der Waals surface area (Å²) in [6.07, 6.45) is 0.154. The monoisotopic (exact) mass is 279 g/mol. The summed E-state index contributed by atoms with van der Waals surface area (Å²) in [5, 5.41) is 30.0. The Bertz CT molecular complexity index is 691. The quantitative estimate of drug-likeness (QED) is 0.454. The van der Waals surface area contributed by atoms with E-state index in [-0.39, 0.29) is 12.4 Å². The number of epoxide rings is 1. The van der Waals surface area contributed by atoms with Crippen molar-refractivity contribution in [2.75, 3.05) is 12.3 Å². The van der Waals surface area contributed by atoms with Crippen LogP contribution in [-0.4, -0.2) is 65.4 Å². The maximum Gasteiger partial charge on any atom is 0.165 e. The number of hydrogen-bond acceptors (Lipinski definition) is 8. The van der Waals surface area contributed by atoms with Crippen molar-refractivity contribution in [1.82, 2.24) is 19.5 Å². The first kappa shape index (κ1) is 12.0.